The van der Waals surface area contributed by atoms with Crippen LogP contribution in [0.15, 0.2) is 4.99 Å². The minimum atomic E-state index is -0.184. The van der Waals surface area contributed by atoms with Crippen molar-refractivity contribution in [3.63, 3.8) is 0 Å². The molecule has 0 unspecified atom stereocenters. The van der Waals surface area contributed by atoms with Gasteiger partial charge in [-0.1, -0.05) is 0 Å². The number of hydrogen-bond acceptors (Lipinski definition) is 2. The van der Waals surface area contributed by atoms with Crippen LogP contribution in [0.3, 0.4) is 0 Å². The van der Waals surface area contributed by atoms with Crippen molar-refractivity contribution in [3.8, 4) is 0 Å². The highest BCUT2D eigenvalue weighted by molar-refractivity contribution is 6.15. The van der Waals surface area contributed by atoms with E-state index in [1.165, 1.54) is 0 Å². The van der Waals surface area contributed by atoms with E-state index in [2.05, 4.69) is 9.83 Å². The van der Waals surface area contributed by atoms with Crippen LogP contribution >= 0.6 is 11.8 Å². The van der Waals surface area contributed by atoms with Crippen molar-refractivity contribution in [2.45, 2.75) is 19.4 Å². The van der Waals surface area contributed by atoms with Gasteiger partial charge in [-0.05, 0) is 25.6 Å². The molecule has 0 radical (unpaired) electrons. The van der Waals surface area contributed by atoms with E-state index in [0.29, 0.717) is 0 Å². The van der Waals surface area contributed by atoms with Crippen LogP contribution in [0.1, 0.15) is 13.8 Å². The topological polar surface area (TPSA) is 24.4 Å². The van der Waals surface area contributed by atoms with Gasteiger partial charge in [-0.15, -0.1) is 0 Å². The largest absolute Gasteiger partial charge is 0.299 e. The Morgan fingerprint density at radius 3 is 2.25 bits per heavy atom. The van der Waals surface area contributed by atoms with E-state index < -0.39 is 0 Å². The SMILES string of the molecule is C/N=C/C(C)(C)NCl. The minimum Gasteiger partial charge on any atom is -0.299 e. The Bertz CT molecular complexity index is 88.4. The molecule has 0 rings (SSSR count). The Hall–Kier alpha value is -0.0800. The normalized spacial score (nSPS) is 13.0. The van der Waals surface area contributed by atoms with Crippen molar-refractivity contribution in [1.29, 1.82) is 0 Å². The molecule has 0 fully saturated rings. The molecule has 0 saturated carbocycles. The van der Waals surface area contributed by atoms with Gasteiger partial charge in [-0.25, -0.2) is 4.84 Å². The van der Waals surface area contributed by atoms with Crippen LogP contribution in [-0.2, 0) is 0 Å². The Kier molecular flexibility index (Phi) is 3.02. The minimum absolute atomic E-state index is 0.184. The Morgan fingerprint density at radius 1 is 1.62 bits per heavy atom. The number of hydrogen-bond donors (Lipinski definition) is 1. The third kappa shape index (κ3) is 2.99. The van der Waals surface area contributed by atoms with Crippen LogP contribution in [0.25, 0.3) is 0 Å². The van der Waals surface area contributed by atoms with E-state index in [4.69, 9.17) is 11.8 Å². The molecule has 48 valence electrons. The van der Waals surface area contributed by atoms with Gasteiger partial charge < -0.3 is 0 Å². The van der Waals surface area contributed by atoms with Gasteiger partial charge in [0.25, 0.3) is 0 Å². The van der Waals surface area contributed by atoms with Crippen LogP contribution in [-0.4, -0.2) is 18.8 Å². The standard InChI is InChI=1S/C5H11ClN2/c1-5(2,8-6)4-7-3/h4,8H,1-3H3/b7-4+. The molecular formula is C5H11ClN2. The maximum absolute atomic E-state index is 5.33. The summed E-state index contributed by atoms with van der Waals surface area (Å²) >= 11 is 5.33. The molecular weight excluding hydrogens is 124 g/mol. The number of aliphatic imine (C=N–C) groups is 1. The fraction of sp³-hybridized carbons (Fsp3) is 0.800. The van der Waals surface area contributed by atoms with E-state index >= 15 is 0 Å². The van der Waals surface area contributed by atoms with Gasteiger partial charge in [0.2, 0.25) is 0 Å². The summed E-state index contributed by atoms with van der Waals surface area (Å²) in [4.78, 5) is 6.37. The Balaban J connectivity index is 3.71. The molecule has 2 nitrogen and oxygen atoms in total. The van der Waals surface area contributed by atoms with Crippen molar-refractivity contribution >= 4 is 18.0 Å². The Labute approximate surface area is 55.1 Å². The summed E-state index contributed by atoms with van der Waals surface area (Å²) in [5.74, 6) is 0. The van der Waals surface area contributed by atoms with E-state index in [9.17, 15) is 0 Å². The second-order valence-electron chi connectivity index (χ2n) is 2.20. The van der Waals surface area contributed by atoms with Crippen molar-refractivity contribution in [2.75, 3.05) is 7.05 Å². The molecule has 0 saturated heterocycles. The van der Waals surface area contributed by atoms with Gasteiger partial charge in [0.1, 0.15) is 0 Å². The summed E-state index contributed by atoms with van der Waals surface area (Å²) in [5.41, 5.74) is -0.184. The maximum atomic E-state index is 5.33. The third-order valence-electron chi connectivity index (χ3n) is 0.695. The number of halogens is 1. The fourth-order valence-corrected chi connectivity index (χ4v) is 0.396. The van der Waals surface area contributed by atoms with Crippen LogP contribution < -0.4 is 4.84 Å². The molecule has 0 aliphatic heterocycles. The summed E-state index contributed by atoms with van der Waals surface area (Å²) < 4.78 is 0. The summed E-state index contributed by atoms with van der Waals surface area (Å²) in [5, 5.41) is 0. The predicted octanol–water partition coefficient (Wildman–Crippen LogP) is 1.21. The number of nitrogens with one attached hydrogen (secondary N) is 1. The van der Waals surface area contributed by atoms with Gasteiger partial charge in [0.05, 0.1) is 5.54 Å². The van der Waals surface area contributed by atoms with Gasteiger partial charge in [0.15, 0.2) is 0 Å². The smallest absolute Gasteiger partial charge is 0.0621 e. The lowest BCUT2D eigenvalue weighted by Crippen LogP contribution is -2.33. The quantitative estimate of drug-likeness (QED) is 0.446. The second-order valence-corrected chi connectivity index (χ2v) is 2.39. The van der Waals surface area contributed by atoms with Crippen LogP contribution in [0, 0.1) is 0 Å². The lowest BCUT2D eigenvalue weighted by atomic mass is 10.1. The third-order valence-corrected chi connectivity index (χ3v) is 1.18. The first-order valence-electron chi connectivity index (χ1n) is 2.43. The molecule has 3 heteroatoms. The summed E-state index contributed by atoms with van der Waals surface area (Å²) in [6.07, 6.45) is 1.75. The first kappa shape index (κ1) is 7.92. The molecule has 0 heterocycles. The van der Waals surface area contributed by atoms with E-state index in [-0.39, 0.29) is 5.54 Å². The lowest BCUT2D eigenvalue weighted by Gasteiger charge is -2.14. The fourth-order valence-electron chi connectivity index (χ4n) is 0.347. The molecule has 0 aliphatic carbocycles. The zero-order valence-corrected chi connectivity index (χ0v) is 6.16. The zero-order valence-electron chi connectivity index (χ0n) is 5.40. The van der Waals surface area contributed by atoms with E-state index in [1.54, 1.807) is 13.3 Å². The van der Waals surface area contributed by atoms with Crippen LogP contribution in [0.4, 0.5) is 0 Å². The van der Waals surface area contributed by atoms with Crippen molar-refractivity contribution in [2.24, 2.45) is 4.99 Å². The summed E-state index contributed by atoms with van der Waals surface area (Å²) in [6, 6.07) is 0. The first-order chi connectivity index (χ1) is 3.62. The van der Waals surface area contributed by atoms with Gasteiger partial charge >= 0.3 is 0 Å². The zero-order chi connectivity index (χ0) is 6.62. The van der Waals surface area contributed by atoms with Crippen LogP contribution in [0.2, 0.25) is 0 Å². The summed E-state index contributed by atoms with van der Waals surface area (Å²) in [7, 11) is 1.72. The highest BCUT2D eigenvalue weighted by atomic mass is 35.5. The van der Waals surface area contributed by atoms with Crippen LogP contribution in [0.5, 0.6) is 0 Å². The molecule has 0 spiro atoms. The van der Waals surface area contributed by atoms with E-state index in [0.717, 1.165) is 0 Å². The second kappa shape index (κ2) is 3.05. The maximum Gasteiger partial charge on any atom is 0.0621 e. The molecule has 0 aromatic carbocycles. The van der Waals surface area contributed by atoms with Gasteiger partial charge in [-0.2, -0.15) is 0 Å². The highest BCUT2D eigenvalue weighted by Crippen LogP contribution is 1.97. The molecule has 0 aromatic heterocycles. The van der Waals surface area contributed by atoms with Crippen molar-refractivity contribution in [1.82, 2.24) is 4.84 Å². The van der Waals surface area contributed by atoms with Crippen molar-refractivity contribution < 1.29 is 0 Å². The molecule has 0 aliphatic rings. The van der Waals surface area contributed by atoms with E-state index in [1.807, 2.05) is 13.8 Å². The molecule has 0 bridgehead atoms. The lowest BCUT2D eigenvalue weighted by molar-refractivity contribution is 0.651. The van der Waals surface area contributed by atoms with Gasteiger partial charge in [-0.3, -0.25) is 4.99 Å². The first-order valence-corrected chi connectivity index (χ1v) is 2.81. The Morgan fingerprint density at radius 2 is 2.12 bits per heavy atom. The predicted molar refractivity (Wildman–Crippen MR) is 37.5 cm³/mol. The number of rotatable bonds is 2. The molecule has 0 atom stereocenters. The molecule has 0 aromatic rings. The summed E-state index contributed by atoms with van der Waals surface area (Å²) in [6.45, 7) is 3.88. The average Bonchev–Trinajstić information content (AvgIpc) is 1.67. The highest BCUT2D eigenvalue weighted by Gasteiger charge is 2.10. The number of nitrogens with zero attached hydrogens (tertiary/aromatic N) is 1. The van der Waals surface area contributed by atoms with Gasteiger partial charge in [0, 0.05) is 13.3 Å². The molecule has 0 amide bonds. The van der Waals surface area contributed by atoms with Crippen molar-refractivity contribution in [3.05, 3.63) is 0 Å². The monoisotopic (exact) mass is 134 g/mol. The molecule has 8 heavy (non-hydrogen) atoms. The molecule has 1 N–H and O–H groups in total. The average molecular weight is 135 g/mol.